The van der Waals surface area contributed by atoms with E-state index in [-0.39, 0.29) is 17.5 Å². The molecule has 1 aliphatic carbocycles. The van der Waals surface area contributed by atoms with Gasteiger partial charge in [0.15, 0.2) is 0 Å². The van der Waals surface area contributed by atoms with Crippen LogP contribution in [0, 0.1) is 5.41 Å². The summed E-state index contributed by atoms with van der Waals surface area (Å²) in [5, 5.41) is 12.3. The molecule has 2 N–H and O–H groups in total. The molecule has 5 heteroatoms. The van der Waals surface area contributed by atoms with Crippen molar-refractivity contribution in [3.8, 4) is 0 Å². The molecule has 2 aliphatic rings. The van der Waals surface area contributed by atoms with Gasteiger partial charge in [-0.15, -0.1) is 0 Å². The van der Waals surface area contributed by atoms with Crippen LogP contribution >= 0.6 is 0 Å². The molecular formula is C14H24N2O3. The molecule has 1 saturated heterocycles. The molecule has 2 atom stereocenters. The molecule has 0 aromatic heterocycles. The van der Waals surface area contributed by atoms with Gasteiger partial charge >= 0.3 is 12.0 Å². The highest BCUT2D eigenvalue weighted by atomic mass is 16.4. The van der Waals surface area contributed by atoms with Crippen LogP contribution in [0.5, 0.6) is 0 Å². The van der Waals surface area contributed by atoms with Crippen molar-refractivity contribution in [1.82, 2.24) is 10.2 Å². The number of carbonyl (C=O) groups is 2. The minimum Gasteiger partial charge on any atom is -0.480 e. The average molecular weight is 268 g/mol. The maximum atomic E-state index is 12.3. The van der Waals surface area contributed by atoms with Crippen molar-refractivity contribution in [3.05, 3.63) is 0 Å². The number of nitrogens with one attached hydrogen (secondary N) is 1. The summed E-state index contributed by atoms with van der Waals surface area (Å²) < 4.78 is 0. The number of carboxylic acid groups (broad SMARTS) is 1. The number of carboxylic acids is 1. The first kappa shape index (κ1) is 14.2. The van der Waals surface area contributed by atoms with E-state index in [1.807, 2.05) is 0 Å². The van der Waals surface area contributed by atoms with E-state index in [4.69, 9.17) is 0 Å². The van der Waals surface area contributed by atoms with Crippen LogP contribution in [0.3, 0.4) is 0 Å². The molecule has 1 heterocycles. The van der Waals surface area contributed by atoms with Crippen molar-refractivity contribution in [3.63, 3.8) is 0 Å². The second-order valence-electron chi connectivity index (χ2n) is 6.45. The van der Waals surface area contributed by atoms with E-state index in [0.29, 0.717) is 13.0 Å². The molecule has 1 saturated carbocycles. The van der Waals surface area contributed by atoms with E-state index in [1.165, 1.54) is 4.90 Å². The summed E-state index contributed by atoms with van der Waals surface area (Å²) in [6.07, 6.45) is 5.46. The maximum Gasteiger partial charge on any atom is 0.326 e. The summed E-state index contributed by atoms with van der Waals surface area (Å²) in [7, 11) is 0. The van der Waals surface area contributed by atoms with Gasteiger partial charge in [-0.1, -0.05) is 33.1 Å². The van der Waals surface area contributed by atoms with Crippen LogP contribution in [0.25, 0.3) is 0 Å². The van der Waals surface area contributed by atoms with Gasteiger partial charge in [0.1, 0.15) is 6.04 Å². The third-order valence-electron chi connectivity index (χ3n) is 4.36. The quantitative estimate of drug-likeness (QED) is 0.806. The second-order valence-corrected chi connectivity index (χ2v) is 6.45. The highest BCUT2D eigenvalue weighted by Crippen LogP contribution is 2.44. The molecular weight excluding hydrogens is 244 g/mol. The lowest BCUT2D eigenvalue weighted by atomic mass is 10.0. The number of carbonyl (C=O) groups excluding carboxylic acids is 1. The number of nitrogens with zero attached hydrogens (tertiary/aromatic N) is 1. The highest BCUT2D eigenvalue weighted by molar-refractivity contribution is 5.83. The topological polar surface area (TPSA) is 69.6 Å². The fourth-order valence-corrected chi connectivity index (χ4v) is 2.73. The molecule has 0 spiro atoms. The third kappa shape index (κ3) is 3.39. The molecule has 5 nitrogen and oxygen atoms in total. The standard InChI is InChI=1S/C14H24N2O3/c1-14(2)9-11(14)15-13(19)16-8-6-4-3-5-7-10(16)12(17)18/h10-11H,3-9H2,1-2H3,(H,15,19)(H,17,18). The van der Waals surface area contributed by atoms with E-state index in [0.717, 1.165) is 32.1 Å². The Morgan fingerprint density at radius 1 is 1.21 bits per heavy atom. The molecule has 108 valence electrons. The Morgan fingerprint density at radius 3 is 2.42 bits per heavy atom. The molecule has 1 aliphatic heterocycles. The van der Waals surface area contributed by atoms with Gasteiger partial charge in [0.2, 0.25) is 0 Å². The van der Waals surface area contributed by atoms with E-state index in [2.05, 4.69) is 19.2 Å². The van der Waals surface area contributed by atoms with Gasteiger partial charge in [-0.05, 0) is 24.7 Å². The predicted octanol–water partition coefficient (Wildman–Crippen LogP) is 2.21. The zero-order valence-corrected chi connectivity index (χ0v) is 11.8. The Bertz CT molecular complexity index is 368. The van der Waals surface area contributed by atoms with Gasteiger partial charge in [-0.25, -0.2) is 9.59 Å². The lowest BCUT2D eigenvalue weighted by molar-refractivity contribution is -0.142. The first-order valence-corrected chi connectivity index (χ1v) is 7.22. The highest BCUT2D eigenvalue weighted by Gasteiger charge is 2.47. The van der Waals surface area contributed by atoms with Crippen LogP contribution < -0.4 is 5.32 Å². The third-order valence-corrected chi connectivity index (χ3v) is 4.36. The van der Waals surface area contributed by atoms with Gasteiger partial charge in [0.05, 0.1) is 0 Å². The predicted molar refractivity (Wildman–Crippen MR) is 71.9 cm³/mol. The largest absolute Gasteiger partial charge is 0.480 e. The Hall–Kier alpha value is -1.26. The van der Waals surface area contributed by atoms with Crippen molar-refractivity contribution in [1.29, 1.82) is 0 Å². The van der Waals surface area contributed by atoms with E-state index < -0.39 is 12.0 Å². The monoisotopic (exact) mass is 268 g/mol. The summed E-state index contributed by atoms with van der Waals surface area (Å²) in [5.41, 5.74) is 0.164. The number of hydrogen-bond acceptors (Lipinski definition) is 2. The van der Waals surface area contributed by atoms with Gasteiger partial charge < -0.3 is 15.3 Å². The number of aliphatic carboxylic acids is 1. The van der Waals surface area contributed by atoms with Crippen molar-refractivity contribution in [2.45, 2.75) is 64.5 Å². The molecule has 0 bridgehead atoms. The zero-order valence-electron chi connectivity index (χ0n) is 11.8. The summed E-state index contributed by atoms with van der Waals surface area (Å²) in [6, 6.07) is -0.674. The van der Waals surface area contributed by atoms with Crippen LogP contribution in [0.15, 0.2) is 0 Å². The fraction of sp³-hybridized carbons (Fsp3) is 0.857. The second kappa shape index (κ2) is 5.39. The Balaban J connectivity index is 1.99. The summed E-state index contributed by atoms with van der Waals surface area (Å²) in [5.74, 6) is -0.882. The normalized spacial score (nSPS) is 30.1. The van der Waals surface area contributed by atoms with E-state index in [1.54, 1.807) is 0 Å². The molecule has 0 aromatic carbocycles. The number of rotatable bonds is 2. The number of amides is 2. The lowest BCUT2D eigenvalue weighted by Crippen LogP contribution is -2.51. The number of urea groups is 1. The first-order valence-electron chi connectivity index (χ1n) is 7.22. The van der Waals surface area contributed by atoms with Crippen molar-refractivity contribution >= 4 is 12.0 Å². The van der Waals surface area contributed by atoms with E-state index >= 15 is 0 Å². The van der Waals surface area contributed by atoms with Gasteiger partial charge in [-0.2, -0.15) is 0 Å². The van der Waals surface area contributed by atoms with Crippen molar-refractivity contribution in [2.75, 3.05) is 6.54 Å². The molecule has 2 fully saturated rings. The number of hydrogen-bond donors (Lipinski definition) is 2. The van der Waals surface area contributed by atoms with Gasteiger partial charge in [0, 0.05) is 12.6 Å². The SMILES string of the molecule is CC1(C)CC1NC(=O)N1CCCCCCC1C(=O)O. The number of likely N-dealkylation sites (tertiary alicyclic amines) is 1. The fourth-order valence-electron chi connectivity index (χ4n) is 2.73. The molecule has 2 amide bonds. The lowest BCUT2D eigenvalue weighted by Gasteiger charge is -2.31. The molecule has 19 heavy (non-hydrogen) atoms. The van der Waals surface area contributed by atoms with Crippen LogP contribution in [0.2, 0.25) is 0 Å². The molecule has 0 radical (unpaired) electrons. The Morgan fingerprint density at radius 2 is 1.84 bits per heavy atom. The maximum absolute atomic E-state index is 12.3. The van der Waals surface area contributed by atoms with Gasteiger partial charge in [-0.3, -0.25) is 0 Å². The smallest absolute Gasteiger partial charge is 0.326 e. The molecule has 2 unspecified atom stereocenters. The average Bonchev–Trinajstić information content (AvgIpc) is 2.84. The summed E-state index contributed by atoms with van der Waals surface area (Å²) in [4.78, 5) is 25.1. The van der Waals surface area contributed by atoms with Gasteiger partial charge in [0.25, 0.3) is 0 Å². The Kier molecular flexibility index (Phi) is 4.02. The van der Waals surface area contributed by atoms with Crippen LogP contribution in [-0.2, 0) is 4.79 Å². The zero-order chi connectivity index (χ0) is 14.0. The van der Waals surface area contributed by atoms with Crippen LogP contribution in [0.1, 0.15) is 52.4 Å². The van der Waals surface area contributed by atoms with Crippen LogP contribution in [-0.4, -0.2) is 40.6 Å². The minimum absolute atomic E-state index is 0.164. The Labute approximate surface area is 114 Å². The van der Waals surface area contributed by atoms with Crippen molar-refractivity contribution in [2.24, 2.45) is 5.41 Å². The minimum atomic E-state index is -0.882. The summed E-state index contributed by atoms with van der Waals surface area (Å²) in [6.45, 7) is 4.77. The van der Waals surface area contributed by atoms with Crippen molar-refractivity contribution < 1.29 is 14.7 Å². The first-order chi connectivity index (χ1) is 8.92. The van der Waals surface area contributed by atoms with E-state index in [9.17, 15) is 14.7 Å². The molecule has 2 rings (SSSR count). The summed E-state index contributed by atoms with van der Waals surface area (Å²) >= 11 is 0. The van der Waals surface area contributed by atoms with Crippen LogP contribution in [0.4, 0.5) is 4.79 Å². The molecule has 0 aromatic rings.